The molecule has 0 heterocycles. The Morgan fingerprint density at radius 2 is 1.69 bits per heavy atom. The average Bonchev–Trinajstić information content (AvgIpc) is 2.69. The van der Waals surface area contributed by atoms with Gasteiger partial charge in [0.15, 0.2) is 0 Å². The average molecular weight is 373 g/mol. The standard InChI is InChI=1S/C22H28O3S/c1-3-25-22(24)17(2)21(14-13-18-7-5-4-6-8-18)26-16-20-11-9-19(15-23)10-12-20/h4-12,17,21,23H,3,13-16H2,1-2H3/t17-,21-/m0/s1. The second-order valence-corrected chi connectivity index (χ2v) is 7.62. The van der Waals surface area contributed by atoms with E-state index in [4.69, 9.17) is 9.84 Å². The van der Waals surface area contributed by atoms with E-state index < -0.39 is 0 Å². The molecule has 0 amide bonds. The van der Waals surface area contributed by atoms with Gasteiger partial charge in [0, 0.05) is 11.0 Å². The molecule has 1 N–H and O–H groups in total. The number of aryl methyl sites for hydroxylation is 1. The van der Waals surface area contributed by atoms with E-state index >= 15 is 0 Å². The summed E-state index contributed by atoms with van der Waals surface area (Å²) in [7, 11) is 0. The fourth-order valence-corrected chi connectivity index (χ4v) is 4.08. The maximum atomic E-state index is 12.2. The van der Waals surface area contributed by atoms with Crippen LogP contribution >= 0.6 is 11.8 Å². The number of hydrogen-bond acceptors (Lipinski definition) is 4. The quantitative estimate of drug-likeness (QED) is 0.619. The Hall–Kier alpha value is -1.78. The van der Waals surface area contributed by atoms with E-state index in [9.17, 15) is 4.79 Å². The van der Waals surface area contributed by atoms with E-state index in [2.05, 4.69) is 24.3 Å². The van der Waals surface area contributed by atoms with Crippen molar-refractivity contribution >= 4 is 17.7 Å². The smallest absolute Gasteiger partial charge is 0.309 e. The molecule has 2 aromatic rings. The minimum Gasteiger partial charge on any atom is -0.466 e. The van der Waals surface area contributed by atoms with Gasteiger partial charge in [0.2, 0.25) is 0 Å². The lowest BCUT2D eigenvalue weighted by Crippen LogP contribution is -2.26. The summed E-state index contributed by atoms with van der Waals surface area (Å²) < 4.78 is 5.24. The number of carbonyl (C=O) groups excluding carboxylic acids is 1. The number of ether oxygens (including phenoxy) is 1. The predicted octanol–water partition coefficient (Wildman–Crippen LogP) is 4.61. The molecule has 0 fully saturated rings. The fourth-order valence-electron chi connectivity index (χ4n) is 2.80. The van der Waals surface area contributed by atoms with Gasteiger partial charge >= 0.3 is 5.97 Å². The lowest BCUT2D eigenvalue weighted by Gasteiger charge is -2.22. The molecule has 0 aromatic heterocycles. The summed E-state index contributed by atoms with van der Waals surface area (Å²) in [6.45, 7) is 4.30. The highest BCUT2D eigenvalue weighted by atomic mass is 32.2. The molecule has 0 saturated carbocycles. The number of hydrogen-bond donors (Lipinski definition) is 1. The van der Waals surface area contributed by atoms with Gasteiger partial charge in [0.1, 0.15) is 0 Å². The van der Waals surface area contributed by atoms with Gasteiger partial charge in [-0.25, -0.2) is 0 Å². The van der Waals surface area contributed by atoms with E-state index in [1.165, 1.54) is 11.1 Å². The number of aliphatic hydroxyl groups is 1. The van der Waals surface area contributed by atoms with Crippen LogP contribution < -0.4 is 0 Å². The van der Waals surface area contributed by atoms with Crippen molar-refractivity contribution in [1.29, 1.82) is 0 Å². The Bertz CT molecular complexity index is 655. The van der Waals surface area contributed by atoms with Crippen molar-refractivity contribution in [2.45, 2.75) is 44.3 Å². The highest BCUT2D eigenvalue weighted by molar-refractivity contribution is 7.99. The molecule has 0 aliphatic heterocycles. The molecule has 0 saturated heterocycles. The van der Waals surface area contributed by atoms with E-state index in [0.717, 1.165) is 24.2 Å². The largest absolute Gasteiger partial charge is 0.466 e. The van der Waals surface area contributed by atoms with Crippen LogP contribution in [-0.4, -0.2) is 22.9 Å². The second kappa shape index (κ2) is 11.0. The first-order chi connectivity index (χ1) is 12.6. The molecule has 0 bridgehead atoms. The summed E-state index contributed by atoms with van der Waals surface area (Å²) in [5.41, 5.74) is 3.41. The number of aliphatic hydroxyl groups excluding tert-OH is 1. The monoisotopic (exact) mass is 372 g/mol. The van der Waals surface area contributed by atoms with E-state index in [0.29, 0.717) is 6.61 Å². The van der Waals surface area contributed by atoms with Gasteiger partial charge in [-0.15, -0.1) is 0 Å². The van der Waals surface area contributed by atoms with Gasteiger partial charge in [-0.1, -0.05) is 61.5 Å². The van der Waals surface area contributed by atoms with Crippen LogP contribution in [0.3, 0.4) is 0 Å². The molecule has 0 unspecified atom stereocenters. The number of benzene rings is 2. The Balaban J connectivity index is 1.99. The third-order valence-electron chi connectivity index (χ3n) is 4.45. The minimum absolute atomic E-state index is 0.0625. The zero-order chi connectivity index (χ0) is 18.8. The summed E-state index contributed by atoms with van der Waals surface area (Å²) in [5, 5.41) is 9.35. The third-order valence-corrected chi connectivity index (χ3v) is 6.02. The lowest BCUT2D eigenvalue weighted by atomic mass is 10.0. The van der Waals surface area contributed by atoms with Crippen molar-refractivity contribution in [3.63, 3.8) is 0 Å². The Kier molecular flexibility index (Phi) is 8.72. The van der Waals surface area contributed by atoms with Gasteiger partial charge < -0.3 is 9.84 Å². The lowest BCUT2D eigenvalue weighted by molar-refractivity contribution is -0.147. The summed E-state index contributed by atoms with van der Waals surface area (Å²) >= 11 is 1.81. The van der Waals surface area contributed by atoms with Crippen molar-refractivity contribution in [3.05, 3.63) is 71.3 Å². The van der Waals surface area contributed by atoms with Gasteiger partial charge in [-0.2, -0.15) is 11.8 Å². The Labute approximate surface area is 160 Å². The number of esters is 1. The van der Waals surface area contributed by atoms with Crippen LogP contribution in [0.1, 0.15) is 37.0 Å². The summed E-state index contributed by atoms with van der Waals surface area (Å²) in [5.74, 6) is 0.587. The topological polar surface area (TPSA) is 46.5 Å². The first kappa shape index (κ1) is 20.5. The fraction of sp³-hybridized carbons (Fsp3) is 0.409. The Morgan fingerprint density at radius 1 is 1.04 bits per heavy atom. The van der Waals surface area contributed by atoms with Gasteiger partial charge in [0.25, 0.3) is 0 Å². The van der Waals surface area contributed by atoms with Crippen LogP contribution in [-0.2, 0) is 28.3 Å². The zero-order valence-electron chi connectivity index (χ0n) is 15.6. The number of rotatable bonds is 10. The van der Waals surface area contributed by atoms with Crippen LogP contribution in [0, 0.1) is 5.92 Å². The first-order valence-electron chi connectivity index (χ1n) is 9.14. The molecular weight excluding hydrogens is 344 g/mol. The number of thioether (sulfide) groups is 1. The van der Waals surface area contributed by atoms with Crippen molar-refractivity contribution < 1.29 is 14.6 Å². The summed E-state index contributed by atoms with van der Waals surface area (Å²) in [6.07, 6.45) is 1.88. The molecule has 4 heteroatoms. The molecule has 140 valence electrons. The zero-order valence-corrected chi connectivity index (χ0v) is 16.4. The van der Waals surface area contributed by atoms with E-state index in [-0.39, 0.29) is 23.7 Å². The van der Waals surface area contributed by atoms with Gasteiger partial charge in [0.05, 0.1) is 19.1 Å². The summed E-state index contributed by atoms with van der Waals surface area (Å²) in [4.78, 5) is 12.2. The second-order valence-electron chi connectivity index (χ2n) is 6.39. The molecule has 0 spiro atoms. The highest BCUT2D eigenvalue weighted by Gasteiger charge is 2.25. The van der Waals surface area contributed by atoms with Crippen LogP contribution in [0.4, 0.5) is 0 Å². The third kappa shape index (κ3) is 6.50. The molecule has 2 rings (SSSR count). The van der Waals surface area contributed by atoms with Crippen LogP contribution in [0.25, 0.3) is 0 Å². The molecule has 0 aliphatic carbocycles. The van der Waals surface area contributed by atoms with Crippen LogP contribution in [0.2, 0.25) is 0 Å². The molecule has 3 nitrogen and oxygen atoms in total. The van der Waals surface area contributed by atoms with Crippen molar-refractivity contribution in [1.82, 2.24) is 0 Å². The Morgan fingerprint density at radius 3 is 2.31 bits per heavy atom. The normalized spacial score (nSPS) is 13.2. The van der Waals surface area contributed by atoms with Crippen LogP contribution in [0.5, 0.6) is 0 Å². The predicted molar refractivity (Wildman–Crippen MR) is 108 cm³/mol. The van der Waals surface area contributed by atoms with Crippen LogP contribution in [0.15, 0.2) is 54.6 Å². The van der Waals surface area contributed by atoms with Gasteiger partial charge in [-0.05, 0) is 36.5 Å². The molecule has 0 aliphatic rings. The number of carbonyl (C=O) groups is 1. The molecule has 2 aromatic carbocycles. The van der Waals surface area contributed by atoms with E-state index in [1.54, 1.807) is 11.8 Å². The van der Waals surface area contributed by atoms with Gasteiger partial charge in [-0.3, -0.25) is 4.79 Å². The first-order valence-corrected chi connectivity index (χ1v) is 10.2. The van der Waals surface area contributed by atoms with E-state index in [1.807, 2.05) is 44.2 Å². The highest BCUT2D eigenvalue weighted by Crippen LogP contribution is 2.29. The molecule has 0 radical (unpaired) electrons. The van der Waals surface area contributed by atoms with Crippen molar-refractivity contribution in [2.75, 3.05) is 6.61 Å². The summed E-state index contributed by atoms with van der Waals surface area (Å²) in [6, 6.07) is 18.4. The maximum Gasteiger partial charge on any atom is 0.309 e. The molecule has 26 heavy (non-hydrogen) atoms. The molecular formula is C22H28O3S. The van der Waals surface area contributed by atoms with Crippen molar-refractivity contribution in [3.8, 4) is 0 Å². The molecule has 2 atom stereocenters. The minimum atomic E-state index is -0.139. The maximum absolute atomic E-state index is 12.2. The van der Waals surface area contributed by atoms with Crippen molar-refractivity contribution in [2.24, 2.45) is 5.92 Å². The SMILES string of the molecule is CCOC(=O)[C@@H](C)[C@H](CCc1ccccc1)SCc1ccc(CO)cc1.